The van der Waals surface area contributed by atoms with Crippen LogP contribution in [0.2, 0.25) is 0 Å². The number of nitrogens with one attached hydrogen (secondary N) is 1. The van der Waals surface area contributed by atoms with Crippen LogP contribution in [0.1, 0.15) is 45.1 Å². The highest BCUT2D eigenvalue weighted by Gasteiger charge is 2.50. The number of imide groups is 1. The number of amides is 4. The Kier molecular flexibility index (Phi) is 5.03. The molecule has 2 atom stereocenters. The molecule has 2 aliphatic rings. The molecule has 0 bridgehead atoms. The van der Waals surface area contributed by atoms with Gasteiger partial charge in [-0.3, -0.25) is 14.5 Å². The van der Waals surface area contributed by atoms with Gasteiger partial charge in [0, 0.05) is 12.6 Å². The summed E-state index contributed by atoms with van der Waals surface area (Å²) in [5.74, 6) is -0.528. The molecule has 152 valence electrons. The Bertz CT molecular complexity index is 967. The number of nitrogens with zero attached hydrogens (tertiary/aromatic N) is 2. The number of fused-ring (bicyclic) bond motifs is 1. The first kappa shape index (κ1) is 19.4. The van der Waals surface area contributed by atoms with E-state index in [1.54, 1.807) is 6.92 Å². The zero-order valence-corrected chi connectivity index (χ0v) is 17.0. The highest BCUT2D eigenvalue weighted by molar-refractivity contribution is 6.10. The van der Waals surface area contributed by atoms with E-state index in [1.165, 1.54) is 0 Å². The molecule has 0 saturated carbocycles. The Morgan fingerprint density at radius 3 is 2.69 bits per heavy atom. The molecule has 0 spiro atoms. The van der Waals surface area contributed by atoms with Gasteiger partial charge in [-0.05, 0) is 48.9 Å². The summed E-state index contributed by atoms with van der Waals surface area (Å²) in [6.45, 7) is 4.28. The van der Waals surface area contributed by atoms with Crippen molar-refractivity contribution in [3.8, 4) is 0 Å². The maximum atomic E-state index is 13.3. The smallest absolute Gasteiger partial charge is 0.325 e. The molecule has 2 heterocycles. The van der Waals surface area contributed by atoms with E-state index in [-0.39, 0.29) is 24.4 Å². The minimum Gasteiger partial charge on any atom is -0.338 e. The number of hydrogen-bond acceptors (Lipinski definition) is 3. The van der Waals surface area contributed by atoms with Crippen molar-refractivity contribution >= 4 is 28.6 Å². The number of benzene rings is 2. The van der Waals surface area contributed by atoms with E-state index in [0.29, 0.717) is 6.54 Å². The summed E-state index contributed by atoms with van der Waals surface area (Å²) in [4.78, 5) is 41.9. The zero-order chi connectivity index (χ0) is 20.6. The van der Waals surface area contributed by atoms with Crippen LogP contribution in [0.25, 0.3) is 10.8 Å². The van der Waals surface area contributed by atoms with E-state index < -0.39 is 11.6 Å². The van der Waals surface area contributed by atoms with Gasteiger partial charge in [0.25, 0.3) is 5.91 Å². The van der Waals surface area contributed by atoms with E-state index in [9.17, 15) is 14.4 Å². The van der Waals surface area contributed by atoms with Crippen molar-refractivity contribution in [3.63, 3.8) is 0 Å². The quantitative estimate of drug-likeness (QED) is 0.810. The number of carbonyl (C=O) groups excluding carboxylic acids is 3. The van der Waals surface area contributed by atoms with Crippen molar-refractivity contribution < 1.29 is 14.4 Å². The maximum Gasteiger partial charge on any atom is 0.325 e. The van der Waals surface area contributed by atoms with Crippen LogP contribution in [0, 0.1) is 0 Å². The molecule has 0 radical (unpaired) electrons. The molecule has 0 aromatic heterocycles. The van der Waals surface area contributed by atoms with Gasteiger partial charge in [-0.15, -0.1) is 0 Å². The number of carbonyl (C=O) groups is 3. The van der Waals surface area contributed by atoms with Crippen LogP contribution in [0.15, 0.2) is 42.5 Å². The first-order chi connectivity index (χ1) is 14.0. The lowest BCUT2D eigenvalue weighted by Crippen LogP contribution is -2.49. The van der Waals surface area contributed by atoms with Gasteiger partial charge < -0.3 is 10.2 Å². The second-order valence-electron chi connectivity index (χ2n) is 8.12. The van der Waals surface area contributed by atoms with Crippen molar-refractivity contribution in [2.24, 2.45) is 0 Å². The van der Waals surface area contributed by atoms with Crippen molar-refractivity contribution in [1.29, 1.82) is 0 Å². The fraction of sp³-hybridized carbons (Fsp3) is 0.435. The van der Waals surface area contributed by atoms with Gasteiger partial charge in [0.05, 0.1) is 0 Å². The van der Waals surface area contributed by atoms with Crippen molar-refractivity contribution in [3.05, 3.63) is 48.0 Å². The molecular weight excluding hydrogens is 366 g/mol. The van der Waals surface area contributed by atoms with Crippen LogP contribution in [0.4, 0.5) is 4.79 Å². The van der Waals surface area contributed by atoms with Crippen LogP contribution in [0.3, 0.4) is 0 Å². The SMILES string of the molecule is CCC1CCCCN1C(=O)CN1C(=O)NC(C)(c2cccc3ccccc23)C1=O. The van der Waals surface area contributed by atoms with Crippen LogP contribution < -0.4 is 5.32 Å². The first-order valence-electron chi connectivity index (χ1n) is 10.4. The van der Waals surface area contributed by atoms with Crippen molar-refractivity contribution in [2.45, 2.75) is 51.1 Å². The van der Waals surface area contributed by atoms with Crippen molar-refractivity contribution in [1.82, 2.24) is 15.1 Å². The molecule has 2 aromatic rings. The van der Waals surface area contributed by atoms with E-state index in [1.807, 2.05) is 47.4 Å². The molecule has 2 saturated heterocycles. The van der Waals surface area contributed by atoms with E-state index >= 15 is 0 Å². The largest absolute Gasteiger partial charge is 0.338 e. The standard InChI is InChI=1S/C23H27N3O3/c1-3-17-11-6-7-14-25(17)20(27)15-26-21(28)23(2,24-22(26)29)19-13-8-10-16-9-4-5-12-18(16)19/h4-5,8-10,12-13,17H,3,6-7,11,14-15H2,1-2H3,(H,24,29). The average Bonchev–Trinajstić information content (AvgIpc) is 2.97. The number of rotatable bonds is 4. The lowest BCUT2D eigenvalue weighted by molar-refractivity contribution is -0.141. The lowest BCUT2D eigenvalue weighted by atomic mass is 9.88. The Morgan fingerprint density at radius 2 is 1.90 bits per heavy atom. The summed E-state index contributed by atoms with van der Waals surface area (Å²) in [6.07, 6.45) is 3.95. The van der Waals surface area contributed by atoms with Gasteiger partial charge in [-0.2, -0.15) is 0 Å². The number of urea groups is 1. The summed E-state index contributed by atoms with van der Waals surface area (Å²) in [5, 5.41) is 4.76. The Labute approximate surface area is 170 Å². The Hall–Kier alpha value is -2.89. The normalized spacial score (nSPS) is 24.8. The van der Waals surface area contributed by atoms with E-state index in [0.717, 1.165) is 46.9 Å². The summed E-state index contributed by atoms with van der Waals surface area (Å²) in [5.41, 5.74) is -0.446. The number of piperidine rings is 1. The fourth-order valence-electron chi connectivity index (χ4n) is 4.66. The molecule has 0 aliphatic carbocycles. The Morgan fingerprint density at radius 1 is 1.14 bits per heavy atom. The second-order valence-corrected chi connectivity index (χ2v) is 8.12. The second kappa shape index (κ2) is 7.50. The van der Waals surface area contributed by atoms with Crippen LogP contribution >= 0.6 is 0 Å². The molecule has 29 heavy (non-hydrogen) atoms. The molecule has 4 rings (SSSR count). The van der Waals surface area contributed by atoms with Gasteiger partial charge in [0.2, 0.25) is 5.91 Å². The van der Waals surface area contributed by atoms with Crippen molar-refractivity contribution in [2.75, 3.05) is 13.1 Å². The minimum absolute atomic E-state index is 0.151. The topological polar surface area (TPSA) is 69.7 Å². The Balaban J connectivity index is 1.61. The molecular formula is C23H27N3O3. The molecule has 2 fully saturated rings. The highest BCUT2D eigenvalue weighted by Crippen LogP contribution is 2.34. The van der Waals surface area contributed by atoms with Gasteiger partial charge >= 0.3 is 6.03 Å². The third-order valence-electron chi connectivity index (χ3n) is 6.32. The van der Waals surface area contributed by atoms with E-state index in [4.69, 9.17) is 0 Å². The first-order valence-corrected chi connectivity index (χ1v) is 10.4. The highest BCUT2D eigenvalue weighted by atomic mass is 16.2. The third-order valence-corrected chi connectivity index (χ3v) is 6.32. The fourth-order valence-corrected chi connectivity index (χ4v) is 4.66. The van der Waals surface area contributed by atoms with Gasteiger partial charge in [0.1, 0.15) is 12.1 Å². The number of likely N-dealkylation sites (tertiary alicyclic amines) is 1. The predicted octanol–water partition coefficient (Wildman–Crippen LogP) is 3.40. The van der Waals surface area contributed by atoms with Gasteiger partial charge in [-0.1, -0.05) is 49.4 Å². The third kappa shape index (κ3) is 3.26. The molecule has 6 heteroatoms. The monoisotopic (exact) mass is 393 g/mol. The van der Waals surface area contributed by atoms with E-state index in [2.05, 4.69) is 12.2 Å². The molecule has 1 N–H and O–H groups in total. The summed E-state index contributed by atoms with van der Waals surface area (Å²) < 4.78 is 0. The van der Waals surface area contributed by atoms with Gasteiger partial charge in [-0.25, -0.2) is 4.79 Å². The zero-order valence-electron chi connectivity index (χ0n) is 17.0. The average molecular weight is 393 g/mol. The summed E-state index contributed by atoms with van der Waals surface area (Å²) >= 11 is 0. The molecule has 2 aromatic carbocycles. The van der Waals surface area contributed by atoms with Crippen LogP contribution in [-0.2, 0) is 15.1 Å². The van der Waals surface area contributed by atoms with Crippen LogP contribution in [-0.4, -0.2) is 46.8 Å². The maximum absolute atomic E-state index is 13.3. The summed E-state index contributed by atoms with van der Waals surface area (Å²) in [6, 6.07) is 13.2. The number of hydrogen-bond donors (Lipinski definition) is 1. The molecule has 2 aliphatic heterocycles. The molecule has 6 nitrogen and oxygen atoms in total. The predicted molar refractivity (Wildman–Crippen MR) is 111 cm³/mol. The molecule has 2 unspecified atom stereocenters. The summed E-state index contributed by atoms with van der Waals surface area (Å²) in [7, 11) is 0. The molecule has 4 amide bonds. The lowest BCUT2D eigenvalue weighted by Gasteiger charge is -2.36. The minimum atomic E-state index is -1.19. The van der Waals surface area contributed by atoms with Gasteiger partial charge in [0.15, 0.2) is 0 Å². The van der Waals surface area contributed by atoms with Crippen LogP contribution in [0.5, 0.6) is 0 Å².